The van der Waals surface area contributed by atoms with Crippen LogP contribution in [-0.4, -0.2) is 31.8 Å². The molecule has 0 unspecified atom stereocenters. The minimum Gasteiger partial charge on any atom is -0.301 e. The molecule has 2 heterocycles. The molecule has 0 spiro atoms. The number of nitro benzene ring substituents is 1. The molecule has 10 heteroatoms. The van der Waals surface area contributed by atoms with E-state index in [2.05, 4.69) is 20.5 Å². The quantitative estimate of drug-likeness (QED) is 0.278. The number of thiazole rings is 1. The molecule has 1 N–H and O–H groups in total. The minimum atomic E-state index is -0.453. The molecule has 0 bridgehead atoms. The van der Waals surface area contributed by atoms with Gasteiger partial charge in [-0.3, -0.25) is 14.9 Å². The smallest absolute Gasteiger partial charge is 0.270 e. The van der Waals surface area contributed by atoms with Gasteiger partial charge in [0.15, 0.2) is 5.13 Å². The Morgan fingerprint density at radius 3 is 2.72 bits per heavy atom. The molecule has 144 valence electrons. The summed E-state index contributed by atoms with van der Waals surface area (Å²) in [5.41, 5.74) is 1.98. The van der Waals surface area contributed by atoms with Gasteiger partial charge in [0, 0.05) is 17.7 Å². The van der Waals surface area contributed by atoms with Crippen molar-refractivity contribution >= 4 is 50.0 Å². The van der Waals surface area contributed by atoms with Crippen molar-refractivity contribution in [1.82, 2.24) is 15.2 Å². The summed E-state index contributed by atoms with van der Waals surface area (Å²) in [6.07, 6.45) is 0. The SMILES string of the molecule is O=C(CSc1ccc(-c2cccc([N+](=O)[O-])c2)nn1)Nc1nc2ccccc2s1. The van der Waals surface area contributed by atoms with Crippen molar-refractivity contribution in [2.45, 2.75) is 5.03 Å². The highest BCUT2D eigenvalue weighted by Gasteiger charge is 2.11. The molecule has 0 atom stereocenters. The molecule has 2 aromatic heterocycles. The number of hydrogen-bond donors (Lipinski definition) is 1. The van der Waals surface area contributed by atoms with E-state index in [-0.39, 0.29) is 17.3 Å². The molecular formula is C19H13N5O3S2. The molecule has 29 heavy (non-hydrogen) atoms. The number of nitro groups is 1. The van der Waals surface area contributed by atoms with Gasteiger partial charge < -0.3 is 5.32 Å². The van der Waals surface area contributed by atoms with Crippen LogP contribution in [0.25, 0.3) is 21.5 Å². The lowest BCUT2D eigenvalue weighted by Gasteiger charge is -2.03. The van der Waals surface area contributed by atoms with Gasteiger partial charge in [-0.15, -0.1) is 10.2 Å². The van der Waals surface area contributed by atoms with Crippen molar-refractivity contribution in [1.29, 1.82) is 0 Å². The summed E-state index contributed by atoms with van der Waals surface area (Å²) in [5, 5.41) is 23.0. The maximum absolute atomic E-state index is 12.2. The predicted molar refractivity (Wildman–Crippen MR) is 113 cm³/mol. The van der Waals surface area contributed by atoms with E-state index in [1.165, 1.54) is 35.2 Å². The van der Waals surface area contributed by atoms with Gasteiger partial charge in [0.1, 0.15) is 5.03 Å². The number of rotatable bonds is 6. The van der Waals surface area contributed by atoms with Gasteiger partial charge in [-0.05, 0) is 24.3 Å². The highest BCUT2D eigenvalue weighted by atomic mass is 32.2. The molecule has 4 aromatic rings. The molecule has 0 saturated carbocycles. The monoisotopic (exact) mass is 423 g/mol. The van der Waals surface area contributed by atoms with E-state index in [1.807, 2.05) is 24.3 Å². The standard InChI is InChI=1S/C19H13N5O3S2/c25-17(21-19-20-15-6-1-2-7-16(15)29-19)11-28-18-9-8-14(22-23-18)12-4-3-5-13(10-12)24(26)27/h1-10H,11H2,(H,20,21,25). The first kappa shape index (κ1) is 19.0. The van der Waals surface area contributed by atoms with E-state index in [0.29, 0.717) is 21.4 Å². The highest BCUT2D eigenvalue weighted by Crippen LogP contribution is 2.26. The lowest BCUT2D eigenvalue weighted by Crippen LogP contribution is -2.13. The van der Waals surface area contributed by atoms with Crippen LogP contribution in [0.1, 0.15) is 0 Å². The number of aromatic nitrogens is 3. The Labute approximate surface area is 173 Å². The van der Waals surface area contributed by atoms with Crippen LogP contribution in [0.3, 0.4) is 0 Å². The Bertz CT molecular complexity index is 1160. The van der Waals surface area contributed by atoms with Crippen molar-refractivity contribution in [2.75, 3.05) is 11.1 Å². The average Bonchev–Trinajstić information content (AvgIpc) is 3.15. The van der Waals surface area contributed by atoms with E-state index in [1.54, 1.807) is 24.3 Å². The average molecular weight is 423 g/mol. The van der Waals surface area contributed by atoms with E-state index >= 15 is 0 Å². The first-order valence-electron chi connectivity index (χ1n) is 8.45. The number of anilines is 1. The first-order chi connectivity index (χ1) is 14.1. The van der Waals surface area contributed by atoms with Gasteiger partial charge in [-0.1, -0.05) is 47.4 Å². The Morgan fingerprint density at radius 1 is 1.10 bits per heavy atom. The molecule has 0 radical (unpaired) electrons. The van der Waals surface area contributed by atoms with Crippen LogP contribution in [0.2, 0.25) is 0 Å². The van der Waals surface area contributed by atoms with E-state index in [4.69, 9.17) is 0 Å². The Morgan fingerprint density at radius 2 is 1.97 bits per heavy atom. The maximum atomic E-state index is 12.2. The molecule has 4 rings (SSSR count). The number of non-ortho nitro benzene ring substituents is 1. The molecule has 0 fully saturated rings. The van der Waals surface area contributed by atoms with Gasteiger partial charge >= 0.3 is 0 Å². The zero-order valence-corrected chi connectivity index (χ0v) is 16.4. The van der Waals surface area contributed by atoms with Gasteiger partial charge in [0.25, 0.3) is 5.69 Å². The van der Waals surface area contributed by atoms with Crippen LogP contribution in [-0.2, 0) is 4.79 Å². The van der Waals surface area contributed by atoms with E-state index in [0.717, 1.165) is 10.2 Å². The number of hydrogen-bond acceptors (Lipinski definition) is 8. The summed E-state index contributed by atoms with van der Waals surface area (Å²) in [7, 11) is 0. The van der Waals surface area contributed by atoms with E-state index < -0.39 is 4.92 Å². The zero-order valence-electron chi connectivity index (χ0n) is 14.8. The number of amides is 1. The van der Waals surface area contributed by atoms with Gasteiger partial charge in [-0.2, -0.15) is 0 Å². The summed E-state index contributed by atoms with van der Waals surface area (Å²) in [5.74, 6) is -0.0144. The van der Waals surface area contributed by atoms with Crippen LogP contribution in [0.5, 0.6) is 0 Å². The van der Waals surface area contributed by atoms with E-state index in [9.17, 15) is 14.9 Å². The summed E-state index contributed by atoms with van der Waals surface area (Å²) in [4.78, 5) is 27.0. The number of carbonyl (C=O) groups is 1. The predicted octanol–water partition coefficient (Wildman–Crippen LogP) is 4.39. The third-order valence-electron chi connectivity index (χ3n) is 3.88. The topological polar surface area (TPSA) is 111 Å². The Hall–Kier alpha value is -3.37. The summed E-state index contributed by atoms with van der Waals surface area (Å²) in [6, 6.07) is 17.3. The molecule has 2 aromatic carbocycles. The minimum absolute atomic E-state index is 0.00531. The summed E-state index contributed by atoms with van der Waals surface area (Å²) < 4.78 is 1.01. The zero-order chi connectivity index (χ0) is 20.2. The molecule has 8 nitrogen and oxygen atoms in total. The molecule has 0 aliphatic rings. The lowest BCUT2D eigenvalue weighted by molar-refractivity contribution is -0.384. The van der Waals surface area contributed by atoms with Crippen molar-refractivity contribution < 1.29 is 9.72 Å². The molecule has 1 amide bonds. The van der Waals surface area contributed by atoms with Crippen molar-refractivity contribution in [2.24, 2.45) is 0 Å². The number of carbonyl (C=O) groups excluding carboxylic acids is 1. The number of nitrogens with one attached hydrogen (secondary N) is 1. The summed E-state index contributed by atoms with van der Waals surface area (Å²) in [6.45, 7) is 0. The number of thioether (sulfide) groups is 1. The molecule has 0 saturated heterocycles. The van der Waals surface area contributed by atoms with Crippen LogP contribution >= 0.6 is 23.1 Å². The normalized spacial score (nSPS) is 10.8. The maximum Gasteiger partial charge on any atom is 0.270 e. The lowest BCUT2D eigenvalue weighted by atomic mass is 10.1. The van der Waals surface area contributed by atoms with Crippen molar-refractivity contribution in [3.63, 3.8) is 0 Å². The number of benzene rings is 2. The second-order valence-corrected chi connectivity index (χ2v) is 7.91. The van der Waals surface area contributed by atoms with Crippen molar-refractivity contribution in [3.05, 3.63) is 70.8 Å². The van der Waals surface area contributed by atoms with Crippen molar-refractivity contribution in [3.8, 4) is 11.3 Å². The molecular weight excluding hydrogens is 410 g/mol. The van der Waals surface area contributed by atoms with Crippen LogP contribution in [0, 0.1) is 10.1 Å². The first-order valence-corrected chi connectivity index (χ1v) is 10.3. The Kier molecular flexibility index (Phi) is 5.45. The second-order valence-electron chi connectivity index (χ2n) is 5.89. The third kappa shape index (κ3) is 4.55. The van der Waals surface area contributed by atoms with Crippen LogP contribution < -0.4 is 5.32 Å². The second kappa shape index (κ2) is 8.33. The highest BCUT2D eigenvalue weighted by molar-refractivity contribution is 7.99. The number of fused-ring (bicyclic) bond motifs is 1. The molecule has 0 aliphatic heterocycles. The van der Waals surface area contributed by atoms with Crippen LogP contribution in [0.15, 0.2) is 65.7 Å². The largest absolute Gasteiger partial charge is 0.301 e. The van der Waals surface area contributed by atoms with Gasteiger partial charge in [0.2, 0.25) is 5.91 Å². The molecule has 0 aliphatic carbocycles. The fourth-order valence-corrected chi connectivity index (χ4v) is 4.05. The Balaban J connectivity index is 1.37. The number of para-hydroxylation sites is 1. The number of nitrogens with zero attached hydrogens (tertiary/aromatic N) is 4. The summed E-state index contributed by atoms with van der Waals surface area (Å²) >= 11 is 2.67. The van der Waals surface area contributed by atoms with Crippen LogP contribution in [0.4, 0.5) is 10.8 Å². The fourth-order valence-electron chi connectivity index (χ4n) is 2.55. The third-order valence-corrected chi connectivity index (χ3v) is 5.76. The fraction of sp³-hybridized carbons (Fsp3) is 0.0526. The van der Waals surface area contributed by atoms with Gasteiger partial charge in [-0.25, -0.2) is 4.98 Å². The van der Waals surface area contributed by atoms with Gasteiger partial charge in [0.05, 0.1) is 26.6 Å².